The van der Waals surface area contributed by atoms with E-state index in [-0.39, 0.29) is 0 Å². The Morgan fingerprint density at radius 2 is 0.711 bits per heavy atom. The van der Waals surface area contributed by atoms with E-state index in [0.717, 1.165) is 127 Å². The van der Waals surface area contributed by atoms with Gasteiger partial charge in [0.2, 0.25) is 0 Å². The molecule has 0 aliphatic heterocycles. The molecule has 5 aromatic heterocycles. The van der Waals surface area contributed by atoms with Gasteiger partial charge in [-0.05, 0) is 89.0 Å². The first-order valence-corrected chi connectivity index (χ1v) is 25.6. The molecule has 16 rings (SSSR count). The van der Waals surface area contributed by atoms with Crippen molar-refractivity contribution in [2.45, 2.75) is 0 Å². The van der Waals surface area contributed by atoms with Crippen LogP contribution in [0.1, 0.15) is 0 Å². The number of hydrogen-bond donors (Lipinski definition) is 0. The van der Waals surface area contributed by atoms with E-state index in [4.69, 9.17) is 23.8 Å². The molecule has 7 heteroatoms. The van der Waals surface area contributed by atoms with Gasteiger partial charge in [-0.15, -0.1) is 0 Å². The zero-order valence-electron chi connectivity index (χ0n) is 40.7. The molecule has 5 heterocycles. The Hall–Kier alpha value is -10.4. The molecular formula is C69H41N5O2. The average Bonchev–Trinajstić information content (AvgIpc) is 4.33. The van der Waals surface area contributed by atoms with E-state index in [1.54, 1.807) is 0 Å². The van der Waals surface area contributed by atoms with E-state index in [1.165, 1.54) is 10.8 Å². The first kappa shape index (κ1) is 42.2. The summed E-state index contributed by atoms with van der Waals surface area (Å²) in [6.45, 7) is 0. The SMILES string of the molecule is c1ccc(-c2nc(-c3ccccc3)nc(-c3cc(-c4cccc5oc6c(ccc7c8ccccc8n(-c8ccccc8)c76)c45)ccc3-c3cccc4oc5c(ccc6c7ccccc7n(-c7ccccc7)c65)c34)n2)cc1. The molecule has 0 fully saturated rings. The largest absolute Gasteiger partial charge is 0.454 e. The smallest absolute Gasteiger partial charge is 0.164 e. The molecule has 0 aliphatic carbocycles. The maximum atomic E-state index is 7.10. The monoisotopic (exact) mass is 971 g/mol. The molecule has 0 bridgehead atoms. The first-order chi connectivity index (χ1) is 37.7. The van der Waals surface area contributed by atoms with Crippen LogP contribution in [0.2, 0.25) is 0 Å². The highest BCUT2D eigenvalue weighted by Crippen LogP contribution is 2.48. The molecule has 0 aliphatic rings. The van der Waals surface area contributed by atoms with Gasteiger partial charge in [0.05, 0.1) is 22.1 Å². The van der Waals surface area contributed by atoms with E-state index < -0.39 is 0 Å². The minimum absolute atomic E-state index is 0.555. The van der Waals surface area contributed by atoms with Crippen LogP contribution in [0.3, 0.4) is 0 Å². The third-order valence-corrected chi connectivity index (χ3v) is 15.2. The van der Waals surface area contributed by atoms with Crippen LogP contribution in [0.4, 0.5) is 0 Å². The summed E-state index contributed by atoms with van der Waals surface area (Å²) in [5, 5.41) is 8.73. The van der Waals surface area contributed by atoms with Crippen LogP contribution in [0.5, 0.6) is 0 Å². The highest BCUT2D eigenvalue weighted by Gasteiger charge is 2.25. The van der Waals surface area contributed by atoms with E-state index in [9.17, 15) is 0 Å². The van der Waals surface area contributed by atoms with Crippen molar-refractivity contribution < 1.29 is 8.83 Å². The molecule has 16 aromatic rings. The van der Waals surface area contributed by atoms with Gasteiger partial charge in [-0.1, -0.05) is 182 Å². The molecule has 0 atom stereocenters. The summed E-state index contributed by atoms with van der Waals surface area (Å²) in [7, 11) is 0. The summed E-state index contributed by atoms with van der Waals surface area (Å²) in [5.74, 6) is 1.73. The lowest BCUT2D eigenvalue weighted by Gasteiger charge is -2.15. The second kappa shape index (κ2) is 16.6. The molecule has 0 amide bonds. The van der Waals surface area contributed by atoms with Crippen molar-refractivity contribution in [1.82, 2.24) is 24.1 Å². The normalized spacial score (nSPS) is 11.9. The lowest BCUT2D eigenvalue weighted by molar-refractivity contribution is 0.671. The van der Waals surface area contributed by atoms with Gasteiger partial charge < -0.3 is 18.0 Å². The highest BCUT2D eigenvalue weighted by molar-refractivity contribution is 6.25. The van der Waals surface area contributed by atoms with Crippen LogP contribution in [-0.2, 0) is 0 Å². The molecule has 0 radical (unpaired) electrons. The number of aromatic nitrogens is 5. The van der Waals surface area contributed by atoms with Crippen LogP contribution in [0.15, 0.2) is 258 Å². The van der Waals surface area contributed by atoms with Crippen LogP contribution in [0, 0.1) is 0 Å². The Balaban J connectivity index is 0.976. The Morgan fingerprint density at radius 1 is 0.276 bits per heavy atom. The molecule has 0 saturated carbocycles. The molecule has 7 nitrogen and oxygen atoms in total. The number of fused-ring (bicyclic) bond motifs is 14. The third kappa shape index (κ3) is 6.33. The van der Waals surface area contributed by atoms with Gasteiger partial charge in [0.15, 0.2) is 28.6 Å². The van der Waals surface area contributed by atoms with Gasteiger partial charge in [-0.25, -0.2) is 15.0 Å². The van der Waals surface area contributed by atoms with Gasteiger partial charge in [-0.3, -0.25) is 0 Å². The van der Waals surface area contributed by atoms with Gasteiger partial charge >= 0.3 is 0 Å². The fourth-order valence-corrected chi connectivity index (χ4v) is 11.9. The van der Waals surface area contributed by atoms with Crippen molar-refractivity contribution in [2.75, 3.05) is 0 Å². The summed E-state index contributed by atoms with van der Waals surface area (Å²) >= 11 is 0. The fraction of sp³-hybridized carbons (Fsp3) is 0. The Morgan fingerprint density at radius 3 is 1.24 bits per heavy atom. The zero-order valence-corrected chi connectivity index (χ0v) is 40.7. The molecular weight excluding hydrogens is 931 g/mol. The summed E-state index contributed by atoms with van der Waals surface area (Å²) in [6.07, 6.45) is 0. The Bertz CT molecular complexity index is 4920. The van der Waals surface area contributed by atoms with Crippen LogP contribution in [0.25, 0.3) is 155 Å². The topological polar surface area (TPSA) is 74.8 Å². The predicted octanol–water partition coefficient (Wildman–Crippen LogP) is 18.2. The molecule has 0 spiro atoms. The predicted molar refractivity (Wildman–Crippen MR) is 310 cm³/mol. The fourth-order valence-electron chi connectivity index (χ4n) is 11.9. The van der Waals surface area contributed by atoms with Crippen LogP contribution in [-0.4, -0.2) is 24.1 Å². The number of para-hydroxylation sites is 4. The van der Waals surface area contributed by atoms with Gasteiger partial charge in [0.1, 0.15) is 11.2 Å². The van der Waals surface area contributed by atoms with Gasteiger partial charge in [-0.2, -0.15) is 0 Å². The van der Waals surface area contributed by atoms with Crippen LogP contribution < -0.4 is 0 Å². The number of furan rings is 2. The third-order valence-electron chi connectivity index (χ3n) is 15.2. The summed E-state index contributed by atoms with van der Waals surface area (Å²) < 4.78 is 18.8. The molecule has 0 unspecified atom stereocenters. The van der Waals surface area contributed by atoms with Crippen molar-refractivity contribution in [3.05, 3.63) is 249 Å². The summed E-state index contributed by atoms with van der Waals surface area (Å²) in [5.41, 5.74) is 16.4. The van der Waals surface area contributed by atoms with E-state index in [2.05, 4.69) is 221 Å². The van der Waals surface area contributed by atoms with Crippen molar-refractivity contribution in [1.29, 1.82) is 0 Å². The quantitative estimate of drug-likeness (QED) is 0.159. The minimum Gasteiger partial charge on any atom is -0.454 e. The van der Waals surface area contributed by atoms with Crippen LogP contribution >= 0.6 is 0 Å². The van der Waals surface area contributed by atoms with Crippen molar-refractivity contribution in [3.63, 3.8) is 0 Å². The van der Waals surface area contributed by atoms with Crippen molar-refractivity contribution >= 4 is 87.5 Å². The standard InChI is InChI=1S/C69H41N5O2/c1-5-19-42(20-6-1)67-70-68(43-21-7-2-8-22-43)72-69(71-67)56-41-44(47-29-17-33-59-61(47)54-39-37-52-49-27-13-15-31-57(49)73(63(52)65(54)75-59)45-23-9-3-10-24-45)35-36-48(56)51-30-18-34-60-62(51)55-40-38-53-50-28-14-16-32-58(50)74(64(53)66(55)76-60)46-25-11-4-12-26-46/h1-41H. The van der Waals surface area contributed by atoms with E-state index in [0.29, 0.717) is 17.5 Å². The Labute approximate surface area is 434 Å². The number of nitrogens with zero attached hydrogens (tertiary/aromatic N) is 5. The lowest BCUT2D eigenvalue weighted by atomic mass is 9.90. The minimum atomic E-state index is 0.555. The maximum Gasteiger partial charge on any atom is 0.164 e. The number of hydrogen-bond acceptors (Lipinski definition) is 5. The van der Waals surface area contributed by atoms with E-state index in [1.807, 2.05) is 36.4 Å². The second-order valence-corrected chi connectivity index (χ2v) is 19.4. The first-order valence-electron chi connectivity index (χ1n) is 25.6. The Kier molecular flexibility index (Phi) is 9.20. The molecule has 0 saturated heterocycles. The maximum absolute atomic E-state index is 7.10. The molecule has 11 aromatic carbocycles. The van der Waals surface area contributed by atoms with E-state index >= 15 is 0 Å². The van der Waals surface area contributed by atoms with Crippen molar-refractivity contribution in [3.8, 4) is 67.8 Å². The van der Waals surface area contributed by atoms with Crippen molar-refractivity contribution in [2.24, 2.45) is 0 Å². The van der Waals surface area contributed by atoms with Gasteiger partial charge in [0, 0.05) is 71.2 Å². The average molecular weight is 972 g/mol. The molecule has 354 valence electrons. The highest BCUT2D eigenvalue weighted by atomic mass is 16.3. The summed E-state index contributed by atoms with van der Waals surface area (Å²) in [6, 6.07) is 87.1. The number of benzene rings is 11. The zero-order chi connectivity index (χ0) is 49.8. The lowest BCUT2D eigenvalue weighted by Crippen LogP contribution is -2.01. The second-order valence-electron chi connectivity index (χ2n) is 19.4. The molecule has 76 heavy (non-hydrogen) atoms. The molecule has 0 N–H and O–H groups in total. The summed E-state index contributed by atoms with van der Waals surface area (Å²) in [4.78, 5) is 15.9. The number of rotatable bonds is 7. The van der Waals surface area contributed by atoms with Gasteiger partial charge in [0.25, 0.3) is 0 Å².